The zero-order chi connectivity index (χ0) is 22.6. The van der Waals surface area contributed by atoms with E-state index in [1.54, 1.807) is 17.0 Å². The summed E-state index contributed by atoms with van der Waals surface area (Å²) in [5.74, 6) is 0.0967. The SMILES string of the molecule is CCC1=NC(=O)NC12CCC1(O)C(C)N(CC(F)F)CCC1(c1cc(O)ccc1C)C2. The Balaban J connectivity index is 1.86. The van der Waals surface area contributed by atoms with Crippen LogP contribution in [-0.4, -0.2) is 63.6 Å². The highest BCUT2D eigenvalue weighted by Gasteiger charge is 2.65. The molecule has 0 bridgehead atoms. The molecule has 1 aliphatic carbocycles. The molecular formula is C23H31F2N3O3. The number of carbonyl (C=O) groups excluding carboxylic acids is 1. The first-order valence-corrected chi connectivity index (χ1v) is 11.0. The number of aryl methyl sites for hydroxylation is 1. The van der Waals surface area contributed by atoms with Gasteiger partial charge in [-0.3, -0.25) is 4.90 Å². The molecule has 6 nitrogen and oxygen atoms in total. The van der Waals surface area contributed by atoms with Gasteiger partial charge in [-0.2, -0.15) is 0 Å². The van der Waals surface area contributed by atoms with Crippen molar-refractivity contribution < 1.29 is 23.8 Å². The number of fused-ring (bicyclic) bond motifs is 1. The smallest absolute Gasteiger partial charge is 0.341 e. The Morgan fingerprint density at radius 1 is 1.32 bits per heavy atom. The predicted octanol–water partition coefficient (Wildman–Crippen LogP) is 3.53. The fourth-order valence-electron chi connectivity index (χ4n) is 6.46. The minimum atomic E-state index is -2.48. The Labute approximate surface area is 181 Å². The Morgan fingerprint density at radius 2 is 2.06 bits per heavy atom. The number of aliphatic hydroxyl groups is 1. The van der Waals surface area contributed by atoms with Crippen LogP contribution in [0.3, 0.4) is 0 Å². The van der Waals surface area contributed by atoms with Crippen molar-refractivity contribution in [3.05, 3.63) is 29.3 Å². The van der Waals surface area contributed by atoms with E-state index in [1.807, 2.05) is 26.8 Å². The maximum absolute atomic E-state index is 13.2. The number of piperidine rings is 1. The number of benzene rings is 1. The van der Waals surface area contributed by atoms with Crippen LogP contribution in [0.4, 0.5) is 13.6 Å². The predicted molar refractivity (Wildman–Crippen MR) is 114 cm³/mol. The van der Waals surface area contributed by atoms with E-state index < -0.39 is 29.0 Å². The molecule has 1 aromatic carbocycles. The third-order valence-corrected chi connectivity index (χ3v) is 8.01. The number of carbonyl (C=O) groups is 1. The summed E-state index contributed by atoms with van der Waals surface area (Å²) in [6, 6.07) is 4.24. The van der Waals surface area contributed by atoms with E-state index in [2.05, 4.69) is 10.3 Å². The minimum absolute atomic E-state index is 0.0967. The van der Waals surface area contributed by atoms with Gasteiger partial charge in [-0.1, -0.05) is 13.0 Å². The average Bonchev–Trinajstić information content (AvgIpc) is 3.02. The van der Waals surface area contributed by atoms with Crippen LogP contribution in [0.5, 0.6) is 5.75 Å². The topological polar surface area (TPSA) is 85.2 Å². The van der Waals surface area contributed by atoms with Gasteiger partial charge in [-0.15, -0.1) is 0 Å². The van der Waals surface area contributed by atoms with Crippen LogP contribution >= 0.6 is 0 Å². The first-order chi connectivity index (χ1) is 14.6. The van der Waals surface area contributed by atoms with Gasteiger partial charge in [0, 0.05) is 17.2 Å². The molecule has 1 spiro atoms. The van der Waals surface area contributed by atoms with Crippen molar-refractivity contribution in [1.82, 2.24) is 10.2 Å². The van der Waals surface area contributed by atoms with Gasteiger partial charge in [0.25, 0.3) is 6.43 Å². The molecule has 2 heterocycles. The maximum Gasteiger partial charge on any atom is 0.341 e. The second-order valence-electron chi connectivity index (χ2n) is 9.42. The summed E-state index contributed by atoms with van der Waals surface area (Å²) in [6.07, 6.45) is -0.175. The van der Waals surface area contributed by atoms with Crippen molar-refractivity contribution in [2.45, 2.75) is 81.9 Å². The molecule has 4 unspecified atom stereocenters. The highest BCUT2D eigenvalue weighted by Crippen LogP contribution is 2.58. The van der Waals surface area contributed by atoms with Crippen molar-refractivity contribution in [3.63, 3.8) is 0 Å². The van der Waals surface area contributed by atoms with Crippen molar-refractivity contribution in [2.24, 2.45) is 4.99 Å². The second kappa shape index (κ2) is 7.52. The first kappa shape index (κ1) is 22.1. The highest BCUT2D eigenvalue weighted by atomic mass is 19.3. The summed E-state index contributed by atoms with van der Waals surface area (Å²) in [6.45, 7) is 5.72. The summed E-state index contributed by atoms with van der Waals surface area (Å²) >= 11 is 0. The molecule has 3 aliphatic rings. The van der Waals surface area contributed by atoms with Gasteiger partial charge in [-0.05, 0) is 75.8 Å². The van der Waals surface area contributed by atoms with E-state index in [-0.39, 0.29) is 18.3 Å². The van der Waals surface area contributed by atoms with Crippen LogP contribution in [0.15, 0.2) is 23.2 Å². The number of aliphatic imine (C=N–C) groups is 1. The largest absolute Gasteiger partial charge is 0.508 e. The molecule has 3 N–H and O–H groups in total. The number of hydrogen-bond acceptors (Lipinski definition) is 4. The van der Waals surface area contributed by atoms with E-state index in [0.29, 0.717) is 38.6 Å². The molecule has 2 amide bonds. The fraction of sp³-hybridized carbons (Fsp3) is 0.652. The second-order valence-corrected chi connectivity index (χ2v) is 9.42. The number of alkyl halides is 2. The van der Waals surface area contributed by atoms with Gasteiger partial charge < -0.3 is 15.5 Å². The molecule has 170 valence electrons. The maximum atomic E-state index is 13.2. The van der Waals surface area contributed by atoms with Crippen LogP contribution in [0, 0.1) is 6.92 Å². The van der Waals surface area contributed by atoms with E-state index in [0.717, 1.165) is 16.8 Å². The number of hydrogen-bond donors (Lipinski definition) is 3. The molecule has 2 aliphatic heterocycles. The molecule has 31 heavy (non-hydrogen) atoms. The number of amides is 2. The summed E-state index contributed by atoms with van der Waals surface area (Å²) in [4.78, 5) is 18.1. The van der Waals surface area contributed by atoms with E-state index in [4.69, 9.17) is 0 Å². The number of nitrogens with zero attached hydrogens (tertiary/aromatic N) is 2. The zero-order valence-corrected chi connectivity index (χ0v) is 18.3. The monoisotopic (exact) mass is 435 g/mol. The van der Waals surface area contributed by atoms with Crippen molar-refractivity contribution in [1.29, 1.82) is 0 Å². The van der Waals surface area contributed by atoms with Gasteiger partial charge in [0.2, 0.25) is 0 Å². The summed E-state index contributed by atoms with van der Waals surface area (Å²) in [5, 5.41) is 25.6. The lowest BCUT2D eigenvalue weighted by atomic mass is 9.49. The van der Waals surface area contributed by atoms with Crippen LogP contribution in [0.25, 0.3) is 0 Å². The highest BCUT2D eigenvalue weighted by molar-refractivity contribution is 6.08. The van der Waals surface area contributed by atoms with Gasteiger partial charge in [0.05, 0.1) is 17.7 Å². The lowest BCUT2D eigenvalue weighted by molar-refractivity contribution is -0.167. The number of likely N-dealkylation sites (tertiary alicyclic amines) is 1. The molecule has 1 saturated heterocycles. The molecule has 2 fully saturated rings. The molecule has 0 aromatic heterocycles. The Hall–Kier alpha value is -2.06. The van der Waals surface area contributed by atoms with Gasteiger partial charge in [-0.25, -0.2) is 18.6 Å². The van der Waals surface area contributed by atoms with Crippen molar-refractivity contribution >= 4 is 11.7 Å². The fourth-order valence-corrected chi connectivity index (χ4v) is 6.46. The summed E-state index contributed by atoms with van der Waals surface area (Å²) in [5.41, 5.74) is -0.271. The minimum Gasteiger partial charge on any atom is -0.508 e. The number of aromatic hydroxyl groups is 1. The number of rotatable bonds is 4. The van der Waals surface area contributed by atoms with E-state index >= 15 is 0 Å². The van der Waals surface area contributed by atoms with Gasteiger partial charge in [0.1, 0.15) is 5.75 Å². The Bertz CT molecular complexity index is 923. The first-order valence-electron chi connectivity index (χ1n) is 11.0. The van der Waals surface area contributed by atoms with Gasteiger partial charge in [0.15, 0.2) is 0 Å². The molecule has 8 heteroatoms. The van der Waals surface area contributed by atoms with E-state index in [9.17, 15) is 23.8 Å². The zero-order valence-electron chi connectivity index (χ0n) is 18.3. The third-order valence-electron chi connectivity index (χ3n) is 8.01. The quantitative estimate of drug-likeness (QED) is 0.676. The van der Waals surface area contributed by atoms with Crippen molar-refractivity contribution in [2.75, 3.05) is 13.1 Å². The molecule has 1 aromatic rings. The van der Waals surface area contributed by atoms with Crippen LogP contribution in [0.2, 0.25) is 0 Å². The summed E-state index contributed by atoms with van der Waals surface area (Å²) < 4.78 is 26.5. The van der Waals surface area contributed by atoms with E-state index in [1.165, 1.54) is 0 Å². The number of urea groups is 1. The third kappa shape index (κ3) is 3.26. The standard InChI is InChI=1S/C23H31F2N3O3/c1-4-18-22(27-20(30)26-18)7-8-23(31)15(3)28(12-19(24)25)10-9-21(23,13-22)17-11-16(29)6-5-14(17)2/h5-6,11,15,19,29,31H,4,7-10,12-13H2,1-3H3,(H,27,30). The Morgan fingerprint density at radius 3 is 2.74 bits per heavy atom. The number of phenols is 1. The molecule has 0 radical (unpaired) electrons. The van der Waals surface area contributed by atoms with Gasteiger partial charge >= 0.3 is 6.03 Å². The molecular weight excluding hydrogens is 404 g/mol. The van der Waals surface area contributed by atoms with Crippen LogP contribution < -0.4 is 5.32 Å². The van der Waals surface area contributed by atoms with Crippen molar-refractivity contribution in [3.8, 4) is 5.75 Å². The summed E-state index contributed by atoms with van der Waals surface area (Å²) in [7, 11) is 0. The van der Waals surface area contributed by atoms with Crippen LogP contribution in [0.1, 0.15) is 57.1 Å². The molecule has 4 rings (SSSR count). The van der Waals surface area contributed by atoms with Crippen LogP contribution in [-0.2, 0) is 5.41 Å². The number of phenolic OH excluding ortho intramolecular Hbond substituents is 1. The Kier molecular flexibility index (Phi) is 5.37. The molecule has 4 atom stereocenters. The molecule has 1 saturated carbocycles. The normalized spacial score (nSPS) is 35.9. The lowest BCUT2D eigenvalue weighted by Gasteiger charge is -2.63. The number of nitrogens with one attached hydrogen (secondary N) is 1. The number of halogens is 2. The lowest BCUT2D eigenvalue weighted by Crippen LogP contribution is -2.74. The average molecular weight is 436 g/mol.